The van der Waals surface area contributed by atoms with E-state index in [0.717, 1.165) is 9.99 Å². The SMILES string of the molecule is CCCOc1c(I)cc(/C=C2/C(=O)NC(=S)N(c3ccccc3)C2=O)cc1OCC. The number of benzene rings is 2. The third-order valence-electron chi connectivity index (χ3n) is 4.21. The van der Waals surface area contributed by atoms with Gasteiger partial charge in [-0.15, -0.1) is 0 Å². The Kier molecular flexibility index (Phi) is 7.43. The minimum atomic E-state index is -0.531. The summed E-state index contributed by atoms with van der Waals surface area (Å²) < 4.78 is 12.4. The Morgan fingerprint density at radius 2 is 1.87 bits per heavy atom. The fourth-order valence-corrected chi connectivity index (χ4v) is 3.98. The van der Waals surface area contributed by atoms with Crippen molar-refractivity contribution in [2.24, 2.45) is 0 Å². The third-order valence-corrected chi connectivity index (χ3v) is 5.30. The number of thiocarbonyl (C=S) groups is 1. The predicted molar refractivity (Wildman–Crippen MR) is 129 cm³/mol. The molecule has 8 heteroatoms. The molecule has 1 aliphatic rings. The van der Waals surface area contributed by atoms with Crippen molar-refractivity contribution >= 4 is 63.5 Å². The van der Waals surface area contributed by atoms with Crippen molar-refractivity contribution in [2.75, 3.05) is 18.1 Å². The fraction of sp³-hybridized carbons (Fsp3) is 0.227. The lowest BCUT2D eigenvalue weighted by atomic mass is 10.1. The highest BCUT2D eigenvalue weighted by atomic mass is 127. The van der Waals surface area contributed by atoms with E-state index in [1.54, 1.807) is 36.4 Å². The maximum absolute atomic E-state index is 13.1. The Balaban J connectivity index is 2.01. The maximum atomic E-state index is 13.1. The van der Waals surface area contributed by atoms with E-state index in [2.05, 4.69) is 27.9 Å². The second-order valence-corrected chi connectivity index (χ2v) is 7.95. The van der Waals surface area contributed by atoms with Gasteiger partial charge < -0.3 is 9.47 Å². The molecule has 0 spiro atoms. The summed E-state index contributed by atoms with van der Waals surface area (Å²) in [6.45, 7) is 4.95. The Hall–Kier alpha value is -2.46. The predicted octanol–water partition coefficient (Wildman–Crippen LogP) is 4.31. The molecule has 1 N–H and O–H groups in total. The van der Waals surface area contributed by atoms with Crippen LogP contribution in [0.4, 0.5) is 5.69 Å². The number of hydrogen-bond acceptors (Lipinski definition) is 5. The summed E-state index contributed by atoms with van der Waals surface area (Å²) in [5, 5.41) is 2.65. The number of ether oxygens (including phenoxy) is 2. The normalized spacial score (nSPS) is 15.4. The zero-order chi connectivity index (χ0) is 21.7. The molecule has 6 nitrogen and oxygen atoms in total. The highest BCUT2D eigenvalue weighted by molar-refractivity contribution is 14.1. The molecule has 30 heavy (non-hydrogen) atoms. The van der Waals surface area contributed by atoms with Crippen LogP contribution < -0.4 is 19.7 Å². The summed E-state index contributed by atoms with van der Waals surface area (Å²) in [4.78, 5) is 26.9. The second-order valence-electron chi connectivity index (χ2n) is 6.40. The van der Waals surface area contributed by atoms with Gasteiger partial charge in [-0.3, -0.25) is 19.8 Å². The number of halogens is 1. The zero-order valence-electron chi connectivity index (χ0n) is 16.6. The van der Waals surface area contributed by atoms with E-state index in [1.165, 1.54) is 4.90 Å². The summed E-state index contributed by atoms with van der Waals surface area (Å²) in [6.07, 6.45) is 2.42. The average molecular weight is 536 g/mol. The molecule has 2 aromatic rings. The molecule has 0 atom stereocenters. The first-order chi connectivity index (χ1) is 14.5. The fourth-order valence-electron chi connectivity index (χ4n) is 2.91. The van der Waals surface area contributed by atoms with Gasteiger partial charge in [-0.1, -0.05) is 25.1 Å². The van der Waals surface area contributed by atoms with E-state index in [9.17, 15) is 9.59 Å². The number of nitrogens with zero attached hydrogens (tertiary/aromatic N) is 1. The molecule has 0 bridgehead atoms. The number of anilines is 1. The van der Waals surface area contributed by atoms with E-state index in [1.807, 2.05) is 26.0 Å². The lowest BCUT2D eigenvalue weighted by Crippen LogP contribution is -2.54. The monoisotopic (exact) mass is 536 g/mol. The molecule has 0 saturated carbocycles. The van der Waals surface area contributed by atoms with Crippen molar-refractivity contribution in [1.29, 1.82) is 0 Å². The number of carbonyl (C=O) groups is 2. The molecule has 1 fully saturated rings. The molecule has 1 heterocycles. The van der Waals surface area contributed by atoms with Crippen molar-refractivity contribution in [1.82, 2.24) is 5.32 Å². The van der Waals surface area contributed by atoms with Gasteiger partial charge >= 0.3 is 0 Å². The van der Waals surface area contributed by atoms with E-state index in [-0.39, 0.29) is 10.7 Å². The molecule has 156 valence electrons. The van der Waals surface area contributed by atoms with Crippen LogP contribution in [0.15, 0.2) is 48.0 Å². The van der Waals surface area contributed by atoms with Crippen LogP contribution in [-0.4, -0.2) is 30.1 Å². The summed E-state index contributed by atoms with van der Waals surface area (Å²) in [7, 11) is 0. The molecule has 0 aromatic heterocycles. The Morgan fingerprint density at radius 1 is 1.13 bits per heavy atom. The van der Waals surface area contributed by atoms with E-state index < -0.39 is 11.8 Å². The summed E-state index contributed by atoms with van der Waals surface area (Å²) >= 11 is 7.38. The highest BCUT2D eigenvalue weighted by Gasteiger charge is 2.34. The molecule has 1 saturated heterocycles. The van der Waals surface area contributed by atoms with Gasteiger partial charge in [0.25, 0.3) is 11.8 Å². The smallest absolute Gasteiger partial charge is 0.270 e. The maximum Gasteiger partial charge on any atom is 0.270 e. The van der Waals surface area contributed by atoms with Gasteiger partial charge in [0.1, 0.15) is 5.57 Å². The molecule has 1 aliphatic heterocycles. The molecule has 0 radical (unpaired) electrons. The van der Waals surface area contributed by atoms with Crippen molar-refractivity contribution in [3.63, 3.8) is 0 Å². The largest absolute Gasteiger partial charge is 0.490 e. The van der Waals surface area contributed by atoms with Gasteiger partial charge in [-0.05, 0) is 84.1 Å². The summed E-state index contributed by atoms with van der Waals surface area (Å²) in [5.41, 5.74) is 1.24. The van der Waals surface area contributed by atoms with Crippen LogP contribution in [0.25, 0.3) is 6.08 Å². The molecule has 0 aliphatic carbocycles. The van der Waals surface area contributed by atoms with Gasteiger partial charge in [-0.2, -0.15) is 0 Å². The van der Waals surface area contributed by atoms with Crippen LogP contribution in [0, 0.1) is 3.57 Å². The second kappa shape index (κ2) is 10.0. The van der Waals surface area contributed by atoms with E-state index in [4.69, 9.17) is 21.7 Å². The average Bonchev–Trinajstić information content (AvgIpc) is 2.71. The third kappa shape index (κ3) is 4.81. The molecule has 2 aromatic carbocycles. The van der Waals surface area contributed by atoms with Crippen LogP contribution in [-0.2, 0) is 9.59 Å². The number of rotatable bonds is 7. The van der Waals surface area contributed by atoms with Crippen LogP contribution >= 0.6 is 34.8 Å². The Labute approximate surface area is 194 Å². The van der Waals surface area contributed by atoms with E-state index >= 15 is 0 Å². The first-order valence-electron chi connectivity index (χ1n) is 9.51. The van der Waals surface area contributed by atoms with Crippen molar-refractivity contribution < 1.29 is 19.1 Å². The number of hydrogen-bond donors (Lipinski definition) is 1. The molecular weight excluding hydrogens is 515 g/mol. The van der Waals surface area contributed by atoms with E-state index in [0.29, 0.717) is 36.0 Å². The van der Waals surface area contributed by atoms with Gasteiger partial charge in [-0.25, -0.2) is 0 Å². The molecular formula is C22H21IN2O4S. The van der Waals surface area contributed by atoms with Gasteiger partial charge in [0.15, 0.2) is 16.6 Å². The van der Waals surface area contributed by atoms with Gasteiger partial charge in [0.2, 0.25) is 0 Å². The van der Waals surface area contributed by atoms with Gasteiger partial charge in [0.05, 0.1) is 22.5 Å². The Morgan fingerprint density at radius 3 is 2.53 bits per heavy atom. The number of amides is 2. The van der Waals surface area contributed by atoms with Crippen LogP contribution in [0.2, 0.25) is 0 Å². The van der Waals surface area contributed by atoms with Crippen molar-refractivity contribution in [3.8, 4) is 11.5 Å². The van der Waals surface area contributed by atoms with Crippen LogP contribution in [0.3, 0.4) is 0 Å². The standard InChI is InChI=1S/C22H21IN2O4S/c1-3-10-29-19-17(23)12-14(13-18(19)28-4-2)11-16-20(26)24-22(30)25(21(16)27)15-8-6-5-7-9-15/h5-9,11-13H,3-4,10H2,1-2H3,(H,24,26,30)/b16-11-. The lowest BCUT2D eigenvalue weighted by molar-refractivity contribution is -0.122. The topological polar surface area (TPSA) is 67.9 Å². The molecule has 2 amide bonds. The first kappa shape index (κ1) is 22.2. The number of nitrogens with one attached hydrogen (secondary N) is 1. The van der Waals surface area contributed by atoms with Crippen molar-refractivity contribution in [2.45, 2.75) is 20.3 Å². The number of carbonyl (C=O) groups excluding carboxylic acids is 2. The lowest BCUT2D eigenvalue weighted by Gasteiger charge is -2.28. The zero-order valence-corrected chi connectivity index (χ0v) is 19.6. The van der Waals surface area contributed by atoms with Gasteiger partial charge in [0, 0.05) is 0 Å². The van der Waals surface area contributed by atoms with Crippen LogP contribution in [0.1, 0.15) is 25.8 Å². The first-order valence-corrected chi connectivity index (χ1v) is 11.0. The minimum absolute atomic E-state index is 0.00655. The summed E-state index contributed by atoms with van der Waals surface area (Å²) in [6, 6.07) is 12.6. The quantitative estimate of drug-likeness (QED) is 0.247. The summed E-state index contributed by atoms with van der Waals surface area (Å²) in [5.74, 6) is 0.224. The molecule has 0 unspecified atom stereocenters. The molecule has 3 rings (SSSR count). The number of para-hydroxylation sites is 1. The van der Waals surface area contributed by atoms with Crippen molar-refractivity contribution in [3.05, 3.63) is 57.2 Å². The minimum Gasteiger partial charge on any atom is -0.490 e. The van der Waals surface area contributed by atoms with Crippen LogP contribution in [0.5, 0.6) is 11.5 Å². The highest BCUT2D eigenvalue weighted by Crippen LogP contribution is 2.35. The Bertz CT molecular complexity index is 1010.